The lowest BCUT2D eigenvalue weighted by atomic mass is 10.2. The lowest BCUT2D eigenvalue weighted by Crippen LogP contribution is -2.12. The zero-order valence-corrected chi connectivity index (χ0v) is 9.89. The minimum absolute atomic E-state index is 0.000843. The van der Waals surface area contributed by atoms with Gasteiger partial charge in [0.05, 0.1) is 11.8 Å². The summed E-state index contributed by atoms with van der Waals surface area (Å²) in [6.07, 6.45) is -3.24. The van der Waals surface area contributed by atoms with Gasteiger partial charge in [-0.15, -0.1) is 0 Å². The number of alkyl halides is 2. The van der Waals surface area contributed by atoms with E-state index in [4.69, 9.17) is 5.26 Å². The third-order valence-corrected chi connectivity index (χ3v) is 2.45. The molecule has 3 nitrogen and oxygen atoms in total. The molecule has 7 heteroatoms. The van der Waals surface area contributed by atoms with Crippen LogP contribution in [0, 0.1) is 17.1 Å². The summed E-state index contributed by atoms with van der Waals surface area (Å²) in [7, 11) is 0. The van der Waals surface area contributed by atoms with Gasteiger partial charge >= 0.3 is 0 Å². The Labute approximate surface area is 103 Å². The van der Waals surface area contributed by atoms with Crippen molar-refractivity contribution in [3.05, 3.63) is 28.0 Å². The molecule has 0 atom stereocenters. The zero-order chi connectivity index (χ0) is 13.0. The molecule has 0 saturated heterocycles. The number of hydrogen-bond acceptors (Lipinski definition) is 2. The van der Waals surface area contributed by atoms with Crippen molar-refractivity contribution in [2.75, 3.05) is 5.32 Å². The second-order valence-electron chi connectivity index (χ2n) is 3.04. The molecule has 1 aromatic rings. The van der Waals surface area contributed by atoms with E-state index in [1.165, 1.54) is 0 Å². The van der Waals surface area contributed by atoms with E-state index in [9.17, 15) is 18.0 Å². The van der Waals surface area contributed by atoms with Crippen molar-refractivity contribution in [1.82, 2.24) is 0 Å². The summed E-state index contributed by atoms with van der Waals surface area (Å²) in [5.41, 5.74) is -0.748. The largest absolute Gasteiger partial charge is 0.322 e. The Morgan fingerprint density at radius 2 is 2.18 bits per heavy atom. The first-order valence-corrected chi connectivity index (χ1v) is 5.19. The molecule has 0 aromatic heterocycles. The quantitative estimate of drug-likeness (QED) is 0.930. The Morgan fingerprint density at radius 3 is 2.65 bits per heavy atom. The Morgan fingerprint density at radius 1 is 1.53 bits per heavy atom. The van der Waals surface area contributed by atoms with Gasteiger partial charge in [0.1, 0.15) is 12.2 Å². The molecule has 1 N–H and O–H groups in total. The van der Waals surface area contributed by atoms with E-state index in [1.807, 2.05) is 0 Å². The van der Waals surface area contributed by atoms with E-state index in [0.29, 0.717) is 6.07 Å². The number of anilines is 1. The monoisotopic (exact) mass is 306 g/mol. The second-order valence-corrected chi connectivity index (χ2v) is 3.90. The highest BCUT2D eigenvalue weighted by Gasteiger charge is 2.16. The summed E-state index contributed by atoms with van der Waals surface area (Å²) in [6, 6.07) is 3.23. The summed E-state index contributed by atoms with van der Waals surface area (Å²) in [6.45, 7) is 0. The number of amides is 1. The molecule has 1 aromatic carbocycles. The molecule has 0 bridgehead atoms. The number of rotatable bonds is 3. The molecular weight excluding hydrogens is 301 g/mol. The number of nitrogens with zero attached hydrogens (tertiary/aromatic N) is 1. The van der Waals surface area contributed by atoms with Crippen LogP contribution in [0.25, 0.3) is 0 Å². The molecule has 0 aliphatic heterocycles. The molecule has 0 radical (unpaired) electrons. The molecule has 0 unspecified atom stereocenters. The van der Waals surface area contributed by atoms with E-state index in [2.05, 4.69) is 21.2 Å². The number of nitrogens with one attached hydrogen (secondary N) is 1. The molecule has 0 aliphatic rings. The zero-order valence-electron chi connectivity index (χ0n) is 8.31. The smallest absolute Gasteiger partial charge is 0.263 e. The number of halogens is 4. The maximum Gasteiger partial charge on any atom is 0.263 e. The highest BCUT2D eigenvalue weighted by Crippen LogP contribution is 2.31. The van der Waals surface area contributed by atoms with Crippen molar-refractivity contribution >= 4 is 27.5 Å². The van der Waals surface area contributed by atoms with Crippen LogP contribution in [0.4, 0.5) is 18.9 Å². The minimum Gasteiger partial charge on any atom is -0.322 e. The van der Waals surface area contributed by atoms with Crippen molar-refractivity contribution in [3.8, 4) is 6.07 Å². The predicted octanol–water partition coefficient (Wildman–Crippen LogP) is 3.38. The molecule has 0 spiro atoms. The summed E-state index contributed by atoms with van der Waals surface area (Å²) in [5.74, 6) is -1.70. The number of carbonyl (C=O) groups is 1. The Hall–Kier alpha value is -1.55. The first kappa shape index (κ1) is 13.5. The van der Waals surface area contributed by atoms with Crippen LogP contribution in [0.15, 0.2) is 16.6 Å². The summed E-state index contributed by atoms with van der Waals surface area (Å²) in [4.78, 5) is 11.1. The van der Waals surface area contributed by atoms with Crippen molar-refractivity contribution < 1.29 is 18.0 Å². The highest BCUT2D eigenvalue weighted by atomic mass is 79.9. The van der Waals surface area contributed by atoms with Crippen LogP contribution >= 0.6 is 15.9 Å². The maximum absolute atomic E-state index is 13.4. The van der Waals surface area contributed by atoms with Gasteiger partial charge in [-0.25, -0.2) is 13.2 Å². The average molecular weight is 307 g/mol. The van der Waals surface area contributed by atoms with Gasteiger partial charge in [0.2, 0.25) is 5.91 Å². The molecular formula is C10H6BrF3N2O. The number of benzene rings is 1. The lowest BCUT2D eigenvalue weighted by molar-refractivity contribution is -0.115. The Balaban J connectivity index is 3.02. The average Bonchev–Trinajstić information content (AvgIpc) is 2.23. The summed E-state index contributed by atoms with van der Waals surface area (Å²) >= 11 is 2.87. The molecule has 1 rings (SSSR count). The number of hydrogen-bond donors (Lipinski definition) is 1. The van der Waals surface area contributed by atoms with Gasteiger partial charge in [0, 0.05) is 10.0 Å². The fraction of sp³-hybridized carbons (Fsp3) is 0.200. The second kappa shape index (κ2) is 5.68. The van der Waals surface area contributed by atoms with Crippen LogP contribution in [0.1, 0.15) is 18.4 Å². The third kappa shape index (κ3) is 3.46. The molecule has 0 aliphatic carbocycles. The third-order valence-electron chi connectivity index (χ3n) is 1.82. The maximum atomic E-state index is 13.4. The number of nitriles is 1. The molecule has 0 saturated carbocycles. The first-order valence-electron chi connectivity index (χ1n) is 4.39. The molecule has 17 heavy (non-hydrogen) atoms. The van der Waals surface area contributed by atoms with Crippen LogP contribution in [0.5, 0.6) is 0 Å². The van der Waals surface area contributed by atoms with Gasteiger partial charge in [-0.1, -0.05) is 0 Å². The van der Waals surface area contributed by atoms with Gasteiger partial charge in [-0.3, -0.25) is 4.79 Å². The SMILES string of the molecule is N#CCC(=O)Nc1c(F)cc(C(F)F)cc1Br. The Bertz CT molecular complexity index is 462. The summed E-state index contributed by atoms with van der Waals surface area (Å²) in [5, 5.41) is 10.4. The minimum atomic E-state index is -2.80. The van der Waals surface area contributed by atoms with Crippen LogP contribution in [0.3, 0.4) is 0 Å². The number of carbonyl (C=O) groups excluding carboxylic acids is 1. The lowest BCUT2D eigenvalue weighted by Gasteiger charge is -2.09. The van der Waals surface area contributed by atoms with Gasteiger partial charge in [-0.05, 0) is 28.1 Å². The molecule has 0 fully saturated rings. The molecule has 90 valence electrons. The van der Waals surface area contributed by atoms with E-state index in [-0.39, 0.29) is 10.2 Å². The predicted molar refractivity (Wildman–Crippen MR) is 57.9 cm³/mol. The van der Waals surface area contributed by atoms with Crippen molar-refractivity contribution in [2.45, 2.75) is 12.8 Å². The van der Waals surface area contributed by atoms with Crippen LogP contribution in [0.2, 0.25) is 0 Å². The van der Waals surface area contributed by atoms with Crippen molar-refractivity contribution in [2.24, 2.45) is 0 Å². The highest BCUT2D eigenvalue weighted by molar-refractivity contribution is 9.10. The molecule has 1 amide bonds. The topological polar surface area (TPSA) is 52.9 Å². The van der Waals surface area contributed by atoms with Crippen LogP contribution < -0.4 is 5.32 Å². The summed E-state index contributed by atoms with van der Waals surface area (Å²) < 4.78 is 38.1. The Kier molecular flexibility index (Phi) is 4.52. The van der Waals surface area contributed by atoms with E-state index in [0.717, 1.165) is 6.07 Å². The first-order chi connectivity index (χ1) is 7.95. The fourth-order valence-corrected chi connectivity index (χ4v) is 1.65. The fourth-order valence-electron chi connectivity index (χ4n) is 1.09. The standard InChI is InChI=1S/C10H6BrF3N2O/c11-6-3-5(10(13)14)4-7(12)9(6)16-8(17)1-2-15/h3-4,10H,1H2,(H,16,17). The van der Waals surface area contributed by atoms with Gasteiger partial charge < -0.3 is 5.32 Å². The molecule has 0 heterocycles. The van der Waals surface area contributed by atoms with E-state index in [1.54, 1.807) is 6.07 Å². The van der Waals surface area contributed by atoms with E-state index >= 15 is 0 Å². The van der Waals surface area contributed by atoms with E-state index < -0.39 is 30.1 Å². The van der Waals surface area contributed by atoms with Gasteiger partial charge in [0.25, 0.3) is 6.43 Å². The van der Waals surface area contributed by atoms with Gasteiger partial charge in [-0.2, -0.15) is 5.26 Å². The van der Waals surface area contributed by atoms with Crippen molar-refractivity contribution in [3.63, 3.8) is 0 Å². The normalized spacial score (nSPS) is 10.1. The van der Waals surface area contributed by atoms with Crippen LogP contribution in [-0.4, -0.2) is 5.91 Å². The van der Waals surface area contributed by atoms with Gasteiger partial charge in [0.15, 0.2) is 0 Å². The van der Waals surface area contributed by atoms with Crippen LogP contribution in [-0.2, 0) is 4.79 Å². The van der Waals surface area contributed by atoms with Crippen molar-refractivity contribution in [1.29, 1.82) is 5.26 Å².